The number of amides is 1. The van der Waals surface area contributed by atoms with Crippen molar-refractivity contribution in [3.63, 3.8) is 0 Å². The zero-order valence-electron chi connectivity index (χ0n) is 10.9. The van der Waals surface area contributed by atoms with Crippen LogP contribution in [0, 0.1) is 17.2 Å². The van der Waals surface area contributed by atoms with E-state index in [1.165, 1.54) is 0 Å². The van der Waals surface area contributed by atoms with Gasteiger partial charge in [-0.2, -0.15) is 5.26 Å². The van der Waals surface area contributed by atoms with E-state index in [1.807, 2.05) is 19.9 Å². The Bertz CT molecular complexity index is 449. The minimum absolute atomic E-state index is 0.203. The largest absolute Gasteiger partial charge is 0.368 e. The SMILES string of the molecule is CC(C)CO[C@@H](C)C(=O)Nc1cccc(C#N)c1. The third-order valence-corrected chi connectivity index (χ3v) is 2.31. The summed E-state index contributed by atoms with van der Waals surface area (Å²) in [4.78, 5) is 11.8. The van der Waals surface area contributed by atoms with Crippen LogP contribution in [0.1, 0.15) is 26.3 Å². The Morgan fingerprint density at radius 3 is 2.78 bits per heavy atom. The van der Waals surface area contributed by atoms with Gasteiger partial charge in [0.15, 0.2) is 0 Å². The number of carbonyl (C=O) groups excluding carboxylic acids is 1. The van der Waals surface area contributed by atoms with Crippen LogP contribution in [-0.4, -0.2) is 18.6 Å². The molecule has 1 aromatic rings. The minimum atomic E-state index is -0.502. The molecule has 0 aromatic heterocycles. The summed E-state index contributed by atoms with van der Waals surface area (Å²) in [5.74, 6) is 0.188. The van der Waals surface area contributed by atoms with Crippen LogP contribution in [0.5, 0.6) is 0 Å². The highest BCUT2D eigenvalue weighted by atomic mass is 16.5. The molecular formula is C14H18N2O2. The molecule has 1 rings (SSSR count). The highest BCUT2D eigenvalue weighted by molar-refractivity contribution is 5.94. The van der Waals surface area contributed by atoms with Gasteiger partial charge in [0.1, 0.15) is 6.10 Å². The Hall–Kier alpha value is -1.86. The Balaban J connectivity index is 2.56. The molecule has 0 aliphatic rings. The Kier molecular flexibility index (Phi) is 5.34. The van der Waals surface area contributed by atoms with E-state index in [2.05, 4.69) is 5.32 Å². The molecule has 0 bridgehead atoms. The fourth-order valence-corrected chi connectivity index (χ4v) is 1.32. The molecule has 0 saturated heterocycles. The standard InChI is InChI=1S/C14H18N2O2/c1-10(2)9-18-11(3)14(17)16-13-6-4-5-12(7-13)8-15/h4-7,10-11H,9H2,1-3H3,(H,16,17)/t11-/m0/s1. The number of hydrogen-bond donors (Lipinski definition) is 1. The van der Waals surface area contributed by atoms with Crippen LogP contribution in [0.2, 0.25) is 0 Å². The van der Waals surface area contributed by atoms with Gasteiger partial charge in [-0.3, -0.25) is 4.79 Å². The third-order valence-electron chi connectivity index (χ3n) is 2.31. The van der Waals surface area contributed by atoms with Gasteiger partial charge in [0.2, 0.25) is 0 Å². The van der Waals surface area contributed by atoms with Crippen LogP contribution in [0.3, 0.4) is 0 Å². The van der Waals surface area contributed by atoms with Gasteiger partial charge >= 0.3 is 0 Å². The van der Waals surface area contributed by atoms with Crippen LogP contribution >= 0.6 is 0 Å². The molecule has 18 heavy (non-hydrogen) atoms. The number of nitriles is 1. The average Bonchev–Trinajstić information content (AvgIpc) is 2.36. The summed E-state index contributed by atoms with van der Waals surface area (Å²) in [6.07, 6.45) is -0.502. The Morgan fingerprint density at radius 2 is 2.17 bits per heavy atom. The van der Waals surface area contributed by atoms with E-state index >= 15 is 0 Å². The molecule has 1 amide bonds. The van der Waals surface area contributed by atoms with Gasteiger partial charge in [0.25, 0.3) is 5.91 Å². The van der Waals surface area contributed by atoms with Crippen molar-refractivity contribution < 1.29 is 9.53 Å². The lowest BCUT2D eigenvalue weighted by atomic mass is 10.2. The van der Waals surface area contributed by atoms with Gasteiger partial charge in [-0.15, -0.1) is 0 Å². The van der Waals surface area contributed by atoms with Crippen molar-refractivity contribution in [1.29, 1.82) is 5.26 Å². The molecule has 0 aliphatic heterocycles. The number of nitrogens with zero attached hydrogens (tertiary/aromatic N) is 1. The Morgan fingerprint density at radius 1 is 1.44 bits per heavy atom. The molecule has 0 saturated carbocycles. The van der Waals surface area contributed by atoms with Crippen LogP contribution in [-0.2, 0) is 9.53 Å². The number of nitrogens with one attached hydrogen (secondary N) is 1. The minimum Gasteiger partial charge on any atom is -0.368 e. The Labute approximate surface area is 108 Å². The number of ether oxygens (including phenoxy) is 1. The number of anilines is 1. The van der Waals surface area contributed by atoms with E-state index in [4.69, 9.17) is 10.00 Å². The van der Waals surface area contributed by atoms with Gasteiger partial charge in [-0.05, 0) is 31.0 Å². The summed E-state index contributed by atoms with van der Waals surface area (Å²) in [5.41, 5.74) is 1.13. The predicted octanol–water partition coefficient (Wildman–Crippen LogP) is 2.56. The molecule has 4 heteroatoms. The van der Waals surface area contributed by atoms with Crippen molar-refractivity contribution in [2.75, 3.05) is 11.9 Å². The normalized spacial score (nSPS) is 11.9. The van der Waals surface area contributed by atoms with Crippen LogP contribution in [0.15, 0.2) is 24.3 Å². The van der Waals surface area contributed by atoms with Gasteiger partial charge in [0, 0.05) is 12.3 Å². The van der Waals surface area contributed by atoms with Crippen LogP contribution in [0.4, 0.5) is 5.69 Å². The van der Waals surface area contributed by atoms with Gasteiger partial charge in [-0.1, -0.05) is 19.9 Å². The molecule has 1 aromatic carbocycles. The first-order chi connectivity index (χ1) is 8.52. The number of carbonyl (C=O) groups is 1. The topological polar surface area (TPSA) is 62.1 Å². The maximum absolute atomic E-state index is 11.8. The summed E-state index contributed by atoms with van der Waals surface area (Å²) < 4.78 is 5.42. The lowest BCUT2D eigenvalue weighted by Crippen LogP contribution is -2.28. The van der Waals surface area contributed by atoms with Crippen molar-refractivity contribution in [3.8, 4) is 6.07 Å². The number of hydrogen-bond acceptors (Lipinski definition) is 3. The zero-order chi connectivity index (χ0) is 13.5. The molecule has 0 heterocycles. The summed E-state index contributed by atoms with van der Waals surface area (Å²) in [6, 6.07) is 8.82. The quantitative estimate of drug-likeness (QED) is 0.868. The van der Waals surface area contributed by atoms with E-state index in [0.717, 1.165) is 0 Å². The maximum atomic E-state index is 11.8. The van der Waals surface area contributed by atoms with Gasteiger partial charge in [0.05, 0.1) is 11.6 Å². The smallest absolute Gasteiger partial charge is 0.253 e. The first kappa shape index (κ1) is 14.2. The third kappa shape index (κ3) is 4.56. The summed E-state index contributed by atoms with van der Waals surface area (Å²) >= 11 is 0. The second-order valence-electron chi connectivity index (χ2n) is 4.55. The molecule has 4 nitrogen and oxygen atoms in total. The monoisotopic (exact) mass is 246 g/mol. The highest BCUT2D eigenvalue weighted by Gasteiger charge is 2.14. The van der Waals surface area contributed by atoms with E-state index in [-0.39, 0.29) is 5.91 Å². The summed E-state index contributed by atoms with van der Waals surface area (Å²) in [6.45, 7) is 6.32. The molecule has 0 unspecified atom stereocenters. The summed E-state index contributed by atoms with van der Waals surface area (Å²) in [5, 5.41) is 11.5. The van der Waals surface area contributed by atoms with Crippen LogP contribution < -0.4 is 5.32 Å². The zero-order valence-corrected chi connectivity index (χ0v) is 10.9. The average molecular weight is 246 g/mol. The van der Waals surface area contributed by atoms with Crippen molar-refractivity contribution >= 4 is 11.6 Å². The first-order valence-corrected chi connectivity index (χ1v) is 5.95. The van der Waals surface area contributed by atoms with Gasteiger partial charge in [-0.25, -0.2) is 0 Å². The molecule has 1 atom stereocenters. The van der Waals surface area contributed by atoms with E-state index < -0.39 is 6.10 Å². The van der Waals surface area contributed by atoms with Crippen molar-refractivity contribution in [2.45, 2.75) is 26.9 Å². The number of benzene rings is 1. The van der Waals surface area contributed by atoms with Crippen molar-refractivity contribution in [2.24, 2.45) is 5.92 Å². The second-order valence-corrected chi connectivity index (χ2v) is 4.55. The van der Waals surface area contributed by atoms with E-state index in [0.29, 0.717) is 23.8 Å². The maximum Gasteiger partial charge on any atom is 0.253 e. The highest BCUT2D eigenvalue weighted by Crippen LogP contribution is 2.10. The second kappa shape index (κ2) is 6.77. The fourth-order valence-electron chi connectivity index (χ4n) is 1.32. The molecule has 0 aliphatic carbocycles. The number of rotatable bonds is 5. The molecule has 0 radical (unpaired) electrons. The molecule has 1 N–H and O–H groups in total. The van der Waals surface area contributed by atoms with Crippen molar-refractivity contribution in [1.82, 2.24) is 0 Å². The predicted molar refractivity (Wildman–Crippen MR) is 70.0 cm³/mol. The molecular weight excluding hydrogens is 228 g/mol. The lowest BCUT2D eigenvalue weighted by molar-refractivity contribution is -0.126. The van der Waals surface area contributed by atoms with E-state index in [1.54, 1.807) is 31.2 Å². The van der Waals surface area contributed by atoms with Crippen LogP contribution in [0.25, 0.3) is 0 Å². The molecule has 0 spiro atoms. The van der Waals surface area contributed by atoms with E-state index in [9.17, 15) is 4.79 Å². The first-order valence-electron chi connectivity index (χ1n) is 5.95. The van der Waals surface area contributed by atoms with Crippen molar-refractivity contribution in [3.05, 3.63) is 29.8 Å². The fraction of sp³-hybridized carbons (Fsp3) is 0.429. The lowest BCUT2D eigenvalue weighted by Gasteiger charge is -2.14. The molecule has 96 valence electrons. The van der Waals surface area contributed by atoms with Gasteiger partial charge < -0.3 is 10.1 Å². The molecule has 0 fully saturated rings. The summed E-state index contributed by atoms with van der Waals surface area (Å²) in [7, 11) is 0.